The smallest absolute Gasteiger partial charge is 0.269 e. The summed E-state index contributed by atoms with van der Waals surface area (Å²) in [5.74, 6) is -0.303. The zero-order valence-electron chi connectivity index (χ0n) is 15.3. The van der Waals surface area contributed by atoms with Gasteiger partial charge in [0.1, 0.15) is 6.54 Å². The Balaban J connectivity index is 1.46. The Hall–Kier alpha value is -3.48. The van der Waals surface area contributed by atoms with Crippen LogP contribution >= 0.6 is 0 Å². The molecule has 1 aromatic heterocycles. The van der Waals surface area contributed by atoms with Crippen LogP contribution in [0.5, 0.6) is 0 Å². The Morgan fingerprint density at radius 3 is 2.46 bits per heavy atom. The second kappa shape index (κ2) is 7.64. The molecule has 0 aliphatic carbocycles. The van der Waals surface area contributed by atoms with Gasteiger partial charge in [0, 0.05) is 24.3 Å². The number of aromatic nitrogens is 2. The third kappa shape index (κ3) is 3.64. The van der Waals surface area contributed by atoms with Crippen molar-refractivity contribution in [3.8, 4) is 0 Å². The maximum atomic E-state index is 12.4. The molecule has 142 valence electrons. The van der Waals surface area contributed by atoms with E-state index in [1.54, 1.807) is 42.5 Å². The molecule has 1 aliphatic rings. The third-order valence-corrected chi connectivity index (χ3v) is 4.86. The Kier molecular flexibility index (Phi) is 4.89. The molecule has 4 rings (SSSR count). The Morgan fingerprint density at radius 1 is 1.00 bits per heavy atom. The van der Waals surface area contributed by atoms with Crippen LogP contribution in [0, 0.1) is 0 Å². The fourth-order valence-electron chi connectivity index (χ4n) is 3.42. The zero-order valence-corrected chi connectivity index (χ0v) is 15.3. The van der Waals surface area contributed by atoms with E-state index in [0.717, 1.165) is 25.9 Å². The first-order valence-electron chi connectivity index (χ1n) is 9.25. The topological polar surface area (TPSA) is 84.3 Å². The van der Waals surface area contributed by atoms with Crippen LogP contribution in [-0.2, 0) is 11.3 Å². The summed E-state index contributed by atoms with van der Waals surface area (Å²) >= 11 is 0. The van der Waals surface area contributed by atoms with E-state index >= 15 is 0 Å². The number of nitrogens with zero attached hydrogens (tertiary/aromatic N) is 3. The van der Waals surface area contributed by atoms with Crippen molar-refractivity contribution in [3.05, 3.63) is 70.6 Å². The van der Waals surface area contributed by atoms with Crippen molar-refractivity contribution in [2.75, 3.05) is 18.4 Å². The van der Waals surface area contributed by atoms with E-state index in [1.807, 2.05) is 11.0 Å². The number of likely N-dealkylation sites (tertiary alicyclic amines) is 1. The normalized spacial score (nSPS) is 13.6. The molecule has 0 bridgehead atoms. The van der Waals surface area contributed by atoms with E-state index in [2.05, 4.69) is 10.3 Å². The van der Waals surface area contributed by atoms with E-state index in [1.165, 1.54) is 10.8 Å². The number of nitrogens with one attached hydrogen (secondary N) is 1. The van der Waals surface area contributed by atoms with Crippen molar-refractivity contribution in [2.24, 2.45) is 0 Å². The maximum Gasteiger partial charge on any atom is 0.269 e. The van der Waals surface area contributed by atoms with E-state index in [0.29, 0.717) is 22.3 Å². The van der Waals surface area contributed by atoms with Crippen LogP contribution in [0.4, 0.5) is 5.69 Å². The minimum Gasteiger partial charge on any atom is -0.339 e. The molecule has 1 aliphatic heterocycles. The average molecular weight is 376 g/mol. The molecule has 0 spiro atoms. The maximum absolute atomic E-state index is 12.4. The predicted octanol–water partition coefficient (Wildman–Crippen LogP) is 2.27. The predicted molar refractivity (Wildman–Crippen MR) is 106 cm³/mol. The lowest BCUT2D eigenvalue weighted by atomic mass is 10.2. The van der Waals surface area contributed by atoms with Crippen molar-refractivity contribution in [1.82, 2.24) is 14.5 Å². The van der Waals surface area contributed by atoms with Gasteiger partial charge in [-0.2, -0.15) is 0 Å². The van der Waals surface area contributed by atoms with Crippen molar-refractivity contribution < 1.29 is 9.59 Å². The highest BCUT2D eigenvalue weighted by atomic mass is 16.2. The average Bonchev–Trinajstić information content (AvgIpc) is 3.25. The molecule has 2 heterocycles. The molecule has 0 saturated carbocycles. The SMILES string of the molecule is O=C(Cn1c(=O)cnc2ccccc21)Nc1ccc(C(=O)N2CCCC2)cc1. The molecule has 2 amide bonds. The fraction of sp³-hybridized carbons (Fsp3) is 0.238. The van der Waals surface area contributed by atoms with Crippen LogP contribution < -0.4 is 10.9 Å². The highest BCUT2D eigenvalue weighted by Gasteiger charge is 2.19. The number of carbonyl (C=O) groups is 2. The highest BCUT2D eigenvalue weighted by Crippen LogP contribution is 2.16. The Morgan fingerprint density at radius 2 is 1.71 bits per heavy atom. The standard InChI is InChI=1S/C21H20N4O3/c26-19(14-25-18-6-2-1-5-17(18)22-13-20(25)27)23-16-9-7-15(8-10-16)21(28)24-11-3-4-12-24/h1-2,5-10,13H,3-4,11-12,14H2,(H,23,26). The summed E-state index contributed by atoms with van der Waals surface area (Å²) in [5.41, 5.74) is 2.11. The molecule has 7 nitrogen and oxygen atoms in total. The molecule has 28 heavy (non-hydrogen) atoms. The van der Waals surface area contributed by atoms with Gasteiger partial charge in [0.2, 0.25) is 5.91 Å². The van der Waals surface area contributed by atoms with Gasteiger partial charge in [-0.25, -0.2) is 4.98 Å². The molecular weight excluding hydrogens is 356 g/mol. The molecule has 1 fully saturated rings. The summed E-state index contributed by atoms with van der Waals surface area (Å²) in [5, 5.41) is 2.77. The van der Waals surface area contributed by atoms with Gasteiger partial charge in [-0.1, -0.05) is 12.1 Å². The van der Waals surface area contributed by atoms with Gasteiger partial charge in [0.25, 0.3) is 11.5 Å². The lowest BCUT2D eigenvalue weighted by Crippen LogP contribution is -2.28. The molecule has 0 radical (unpaired) electrons. The number of hydrogen-bond acceptors (Lipinski definition) is 4. The number of amides is 2. The first kappa shape index (κ1) is 17.9. The van der Waals surface area contributed by atoms with Gasteiger partial charge in [-0.3, -0.25) is 19.0 Å². The number of para-hydroxylation sites is 2. The number of carbonyl (C=O) groups excluding carboxylic acids is 2. The molecule has 7 heteroatoms. The summed E-state index contributed by atoms with van der Waals surface area (Å²) in [4.78, 5) is 42.9. The molecule has 0 atom stereocenters. The van der Waals surface area contributed by atoms with Gasteiger partial charge >= 0.3 is 0 Å². The number of benzene rings is 2. The van der Waals surface area contributed by atoms with E-state index < -0.39 is 0 Å². The largest absolute Gasteiger partial charge is 0.339 e. The van der Waals surface area contributed by atoms with Gasteiger partial charge in [-0.05, 0) is 49.2 Å². The molecule has 1 N–H and O–H groups in total. The van der Waals surface area contributed by atoms with Crippen LogP contribution in [0.3, 0.4) is 0 Å². The first-order chi connectivity index (χ1) is 13.6. The zero-order chi connectivity index (χ0) is 19.5. The van der Waals surface area contributed by atoms with Crippen LogP contribution in [0.15, 0.2) is 59.5 Å². The van der Waals surface area contributed by atoms with Crippen molar-refractivity contribution in [3.63, 3.8) is 0 Å². The monoisotopic (exact) mass is 376 g/mol. The van der Waals surface area contributed by atoms with E-state index in [-0.39, 0.29) is 23.9 Å². The van der Waals surface area contributed by atoms with Gasteiger partial charge < -0.3 is 10.2 Å². The van der Waals surface area contributed by atoms with Crippen LogP contribution in [-0.4, -0.2) is 39.4 Å². The number of anilines is 1. The van der Waals surface area contributed by atoms with Crippen molar-refractivity contribution >= 4 is 28.5 Å². The van der Waals surface area contributed by atoms with Gasteiger partial charge in [0.05, 0.1) is 17.2 Å². The third-order valence-electron chi connectivity index (χ3n) is 4.86. The summed E-state index contributed by atoms with van der Waals surface area (Å²) in [6.07, 6.45) is 3.31. The summed E-state index contributed by atoms with van der Waals surface area (Å²) in [7, 11) is 0. The van der Waals surface area contributed by atoms with Gasteiger partial charge in [0.15, 0.2) is 0 Å². The summed E-state index contributed by atoms with van der Waals surface area (Å²) < 4.78 is 1.39. The summed E-state index contributed by atoms with van der Waals surface area (Å²) in [6, 6.07) is 14.0. The molecule has 2 aromatic carbocycles. The fourth-order valence-corrected chi connectivity index (χ4v) is 3.42. The van der Waals surface area contributed by atoms with Crippen LogP contribution in [0.1, 0.15) is 23.2 Å². The van der Waals surface area contributed by atoms with Crippen LogP contribution in [0.25, 0.3) is 11.0 Å². The molecule has 1 saturated heterocycles. The van der Waals surface area contributed by atoms with E-state index in [9.17, 15) is 14.4 Å². The Bertz CT molecular complexity index is 1080. The number of hydrogen-bond donors (Lipinski definition) is 1. The summed E-state index contributed by atoms with van der Waals surface area (Å²) in [6.45, 7) is 1.48. The quantitative estimate of drug-likeness (QED) is 0.757. The Labute approximate surface area is 161 Å². The highest BCUT2D eigenvalue weighted by molar-refractivity contribution is 5.96. The molecule has 0 unspecified atom stereocenters. The molecular formula is C21H20N4O3. The minimum absolute atomic E-state index is 0.0187. The van der Waals surface area contributed by atoms with E-state index in [4.69, 9.17) is 0 Å². The van der Waals surface area contributed by atoms with Crippen molar-refractivity contribution in [1.29, 1.82) is 0 Å². The minimum atomic E-state index is -0.333. The second-order valence-electron chi connectivity index (χ2n) is 6.80. The number of rotatable bonds is 4. The van der Waals surface area contributed by atoms with Crippen LogP contribution in [0.2, 0.25) is 0 Å². The van der Waals surface area contributed by atoms with Gasteiger partial charge in [-0.15, -0.1) is 0 Å². The molecule has 3 aromatic rings. The lowest BCUT2D eigenvalue weighted by Gasteiger charge is -2.15. The lowest BCUT2D eigenvalue weighted by molar-refractivity contribution is -0.116. The number of fused-ring (bicyclic) bond motifs is 1. The first-order valence-corrected chi connectivity index (χ1v) is 9.25. The van der Waals surface area contributed by atoms with Crippen molar-refractivity contribution in [2.45, 2.75) is 19.4 Å². The second-order valence-corrected chi connectivity index (χ2v) is 6.80.